The molecule has 4 heteroatoms. The molecule has 0 aliphatic heterocycles. The van der Waals surface area contributed by atoms with Crippen LogP contribution in [-0.2, 0) is 0 Å². The average Bonchev–Trinajstić information content (AvgIpc) is 2.30. The Morgan fingerprint density at radius 3 is 2.44 bits per heavy atom. The third kappa shape index (κ3) is 1.91. The Bertz CT molecular complexity index is 524. The molecule has 2 rings (SSSR count). The van der Waals surface area contributed by atoms with E-state index in [0.717, 1.165) is 16.7 Å². The summed E-state index contributed by atoms with van der Waals surface area (Å²) in [6.07, 6.45) is 3.41. The SMILES string of the molecule is Cc1cc([N+](=O)[O-])ccc1-c1ccncc1. The van der Waals surface area contributed by atoms with Gasteiger partial charge in [-0.15, -0.1) is 0 Å². The number of nitro groups is 1. The zero-order valence-electron chi connectivity index (χ0n) is 8.75. The molecule has 0 spiro atoms. The van der Waals surface area contributed by atoms with Gasteiger partial charge >= 0.3 is 0 Å². The van der Waals surface area contributed by atoms with Crippen LogP contribution in [0.15, 0.2) is 42.7 Å². The topological polar surface area (TPSA) is 56.0 Å². The molecular weight excluding hydrogens is 204 g/mol. The fourth-order valence-electron chi connectivity index (χ4n) is 1.62. The maximum absolute atomic E-state index is 10.6. The lowest BCUT2D eigenvalue weighted by Crippen LogP contribution is -1.90. The number of hydrogen-bond acceptors (Lipinski definition) is 3. The molecule has 16 heavy (non-hydrogen) atoms. The van der Waals surface area contributed by atoms with E-state index in [9.17, 15) is 10.1 Å². The van der Waals surface area contributed by atoms with E-state index in [4.69, 9.17) is 0 Å². The smallest absolute Gasteiger partial charge is 0.265 e. The van der Waals surface area contributed by atoms with Crippen molar-refractivity contribution in [1.29, 1.82) is 0 Å². The maximum Gasteiger partial charge on any atom is 0.269 e. The minimum atomic E-state index is -0.386. The first-order valence-corrected chi connectivity index (χ1v) is 4.84. The van der Waals surface area contributed by atoms with Gasteiger partial charge in [0, 0.05) is 24.5 Å². The third-order valence-corrected chi connectivity index (χ3v) is 2.41. The van der Waals surface area contributed by atoms with Gasteiger partial charge in [-0.05, 0) is 41.8 Å². The van der Waals surface area contributed by atoms with E-state index in [1.165, 1.54) is 6.07 Å². The van der Waals surface area contributed by atoms with Crippen molar-refractivity contribution in [2.75, 3.05) is 0 Å². The predicted molar refractivity (Wildman–Crippen MR) is 61.1 cm³/mol. The van der Waals surface area contributed by atoms with E-state index in [1.807, 2.05) is 19.1 Å². The Balaban J connectivity index is 2.48. The van der Waals surface area contributed by atoms with Crippen molar-refractivity contribution >= 4 is 5.69 Å². The van der Waals surface area contributed by atoms with Crippen molar-refractivity contribution in [3.05, 3.63) is 58.4 Å². The van der Waals surface area contributed by atoms with Gasteiger partial charge in [-0.1, -0.05) is 0 Å². The molecule has 0 bridgehead atoms. The second kappa shape index (κ2) is 4.10. The molecule has 0 amide bonds. The van der Waals surface area contributed by atoms with Crippen molar-refractivity contribution in [2.24, 2.45) is 0 Å². The van der Waals surface area contributed by atoms with Crippen LogP contribution >= 0.6 is 0 Å². The zero-order valence-corrected chi connectivity index (χ0v) is 8.75. The highest BCUT2D eigenvalue weighted by atomic mass is 16.6. The van der Waals surface area contributed by atoms with Gasteiger partial charge in [0.05, 0.1) is 4.92 Å². The third-order valence-electron chi connectivity index (χ3n) is 2.41. The van der Waals surface area contributed by atoms with E-state index in [1.54, 1.807) is 24.5 Å². The number of aromatic nitrogens is 1. The minimum Gasteiger partial charge on any atom is -0.265 e. The lowest BCUT2D eigenvalue weighted by molar-refractivity contribution is -0.384. The standard InChI is InChI=1S/C12H10N2O2/c1-9-8-11(14(15)16)2-3-12(9)10-4-6-13-7-5-10/h2-8H,1H3. The summed E-state index contributed by atoms with van der Waals surface area (Å²) in [5.41, 5.74) is 3.02. The van der Waals surface area contributed by atoms with Gasteiger partial charge in [0.2, 0.25) is 0 Å². The zero-order chi connectivity index (χ0) is 11.5. The summed E-state index contributed by atoms with van der Waals surface area (Å²) in [7, 11) is 0. The average molecular weight is 214 g/mol. The molecule has 0 unspecified atom stereocenters. The van der Waals surface area contributed by atoms with E-state index in [2.05, 4.69) is 4.98 Å². The van der Waals surface area contributed by atoms with Crippen molar-refractivity contribution < 1.29 is 4.92 Å². The first-order valence-electron chi connectivity index (χ1n) is 4.84. The van der Waals surface area contributed by atoms with Crippen LogP contribution in [0.5, 0.6) is 0 Å². The lowest BCUT2D eigenvalue weighted by atomic mass is 10.0. The van der Waals surface area contributed by atoms with Crippen LogP contribution in [0.25, 0.3) is 11.1 Å². The molecule has 1 heterocycles. The fraction of sp³-hybridized carbons (Fsp3) is 0.0833. The van der Waals surface area contributed by atoms with Gasteiger partial charge in [0.15, 0.2) is 0 Å². The fourth-order valence-corrected chi connectivity index (χ4v) is 1.62. The van der Waals surface area contributed by atoms with Gasteiger partial charge in [-0.2, -0.15) is 0 Å². The summed E-state index contributed by atoms with van der Waals surface area (Å²) >= 11 is 0. The maximum atomic E-state index is 10.6. The number of pyridine rings is 1. The summed E-state index contributed by atoms with van der Waals surface area (Å²) in [6, 6.07) is 8.63. The van der Waals surface area contributed by atoms with Crippen molar-refractivity contribution in [3.8, 4) is 11.1 Å². The summed E-state index contributed by atoms with van der Waals surface area (Å²) in [5, 5.41) is 10.6. The highest BCUT2D eigenvalue weighted by Crippen LogP contribution is 2.25. The van der Waals surface area contributed by atoms with Crippen molar-refractivity contribution in [1.82, 2.24) is 4.98 Å². The Hall–Kier alpha value is -2.23. The molecule has 4 nitrogen and oxygen atoms in total. The summed E-state index contributed by atoms with van der Waals surface area (Å²) < 4.78 is 0. The molecule has 0 radical (unpaired) electrons. The molecule has 1 aromatic heterocycles. The highest BCUT2D eigenvalue weighted by Gasteiger charge is 2.08. The summed E-state index contributed by atoms with van der Waals surface area (Å²) in [6.45, 7) is 1.86. The Morgan fingerprint density at radius 1 is 1.19 bits per heavy atom. The van der Waals surface area contributed by atoms with Gasteiger partial charge in [0.25, 0.3) is 5.69 Å². The van der Waals surface area contributed by atoms with Crippen LogP contribution in [0.3, 0.4) is 0 Å². The second-order valence-electron chi connectivity index (χ2n) is 3.49. The number of hydrogen-bond donors (Lipinski definition) is 0. The molecule has 0 N–H and O–H groups in total. The molecular formula is C12H10N2O2. The quantitative estimate of drug-likeness (QED) is 0.570. The molecule has 80 valence electrons. The number of aryl methyl sites for hydroxylation is 1. The molecule has 0 saturated carbocycles. The highest BCUT2D eigenvalue weighted by molar-refractivity contribution is 5.68. The van der Waals surface area contributed by atoms with Crippen LogP contribution in [0.1, 0.15) is 5.56 Å². The Labute approximate surface area is 92.7 Å². The summed E-state index contributed by atoms with van der Waals surface area (Å²) in [5.74, 6) is 0. The summed E-state index contributed by atoms with van der Waals surface area (Å²) in [4.78, 5) is 14.1. The first-order chi connectivity index (χ1) is 7.68. The number of benzene rings is 1. The van der Waals surface area contributed by atoms with Crippen molar-refractivity contribution in [2.45, 2.75) is 6.92 Å². The monoisotopic (exact) mass is 214 g/mol. The van der Waals surface area contributed by atoms with E-state index in [0.29, 0.717) is 0 Å². The molecule has 0 atom stereocenters. The van der Waals surface area contributed by atoms with Gasteiger partial charge in [-0.25, -0.2) is 0 Å². The second-order valence-corrected chi connectivity index (χ2v) is 3.49. The number of nitrogens with zero attached hydrogens (tertiary/aromatic N) is 2. The van der Waals surface area contributed by atoms with Crippen molar-refractivity contribution in [3.63, 3.8) is 0 Å². The van der Waals surface area contributed by atoms with E-state index in [-0.39, 0.29) is 10.6 Å². The van der Waals surface area contributed by atoms with Crippen LogP contribution in [0.2, 0.25) is 0 Å². The van der Waals surface area contributed by atoms with Gasteiger partial charge in [0.1, 0.15) is 0 Å². The van der Waals surface area contributed by atoms with E-state index >= 15 is 0 Å². The molecule has 1 aromatic carbocycles. The van der Waals surface area contributed by atoms with Crippen LogP contribution in [0.4, 0.5) is 5.69 Å². The minimum absolute atomic E-state index is 0.121. The van der Waals surface area contributed by atoms with Gasteiger partial charge in [-0.3, -0.25) is 15.1 Å². The molecule has 0 aliphatic carbocycles. The van der Waals surface area contributed by atoms with Crippen LogP contribution in [-0.4, -0.2) is 9.91 Å². The van der Waals surface area contributed by atoms with Crippen LogP contribution < -0.4 is 0 Å². The molecule has 0 saturated heterocycles. The van der Waals surface area contributed by atoms with Crippen LogP contribution in [0, 0.1) is 17.0 Å². The lowest BCUT2D eigenvalue weighted by Gasteiger charge is -2.04. The molecule has 0 fully saturated rings. The largest absolute Gasteiger partial charge is 0.269 e. The predicted octanol–water partition coefficient (Wildman–Crippen LogP) is 2.97. The Kier molecular flexibility index (Phi) is 2.64. The van der Waals surface area contributed by atoms with E-state index < -0.39 is 0 Å². The number of nitro benzene ring substituents is 1. The molecule has 0 aliphatic rings. The molecule has 2 aromatic rings. The van der Waals surface area contributed by atoms with Gasteiger partial charge < -0.3 is 0 Å². The number of rotatable bonds is 2. The normalized spacial score (nSPS) is 10.1. The number of non-ortho nitro benzene ring substituents is 1. The Morgan fingerprint density at radius 2 is 1.88 bits per heavy atom. The first kappa shape index (κ1) is 10.3.